The summed E-state index contributed by atoms with van der Waals surface area (Å²) in [5, 5.41) is 34.3. The van der Waals surface area contributed by atoms with Gasteiger partial charge >= 0.3 is 0 Å². The van der Waals surface area contributed by atoms with Crippen molar-refractivity contribution < 1.29 is 43.7 Å². The Labute approximate surface area is 215 Å². The molecule has 3 aliphatic rings. The van der Waals surface area contributed by atoms with Gasteiger partial charge in [0.2, 0.25) is 5.91 Å². The first-order valence-electron chi connectivity index (χ1n) is 12.2. The zero-order chi connectivity index (χ0) is 27.3. The predicted molar refractivity (Wildman–Crippen MR) is 130 cm³/mol. The molecule has 38 heavy (non-hydrogen) atoms. The molecule has 3 aromatic rings. The highest BCUT2D eigenvalue weighted by molar-refractivity contribution is 6.31. The molecule has 0 bridgehead atoms. The number of phenols is 1. The largest absolute Gasteiger partial charge is 0.507 e. The van der Waals surface area contributed by atoms with Gasteiger partial charge in [-0.05, 0) is 35.7 Å². The van der Waals surface area contributed by atoms with E-state index in [0.717, 1.165) is 5.39 Å². The van der Waals surface area contributed by atoms with E-state index in [4.69, 9.17) is 10.2 Å². The van der Waals surface area contributed by atoms with Crippen molar-refractivity contribution in [3.8, 4) is 17.1 Å². The first-order chi connectivity index (χ1) is 18.0. The number of hydrogen-bond donors (Lipinski definition) is 4. The summed E-state index contributed by atoms with van der Waals surface area (Å²) in [5.41, 5.74) is 3.48. The van der Waals surface area contributed by atoms with Gasteiger partial charge < -0.3 is 25.5 Å². The molecule has 10 heteroatoms. The number of hydrogen-bond acceptors (Lipinski definition) is 9. The lowest BCUT2D eigenvalue weighted by Crippen LogP contribution is -2.72. The normalized spacial score (nSPS) is 32.6. The van der Waals surface area contributed by atoms with Gasteiger partial charge in [0, 0.05) is 29.2 Å². The van der Waals surface area contributed by atoms with Crippen LogP contribution in [0.15, 0.2) is 46.9 Å². The van der Waals surface area contributed by atoms with Gasteiger partial charge in [0.05, 0.1) is 17.6 Å². The Morgan fingerprint density at radius 1 is 1.08 bits per heavy atom. The minimum Gasteiger partial charge on any atom is -0.507 e. The first kappa shape index (κ1) is 24.2. The molecule has 0 saturated heterocycles. The maximum atomic E-state index is 13.8. The highest BCUT2D eigenvalue weighted by atomic mass is 16.3. The van der Waals surface area contributed by atoms with E-state index in [9.17, 15) is 39.3 Å². The van der Waals surface area contributed by atoms with Crippen LogP contribution in [0.25, 0.3) is 22.3 Å². The number of aromatic hydroxyl groups is 1. The molecule has 194 valence electrons. The predicted octanol–water partition coefficient (Wildman–Crippen LogP) is 1.27. The Kier molecular flexibility index (Phi) is 5.05. The summed E-state index contributed by atoms with van der Waals surface area (Å²) in [4.78, 5) is 65.1. The van der Waals surface area contributed by atoms with Crippen LogP contribution in [0.3, 0.4) is 0 Å². The van der Waals surface area contributed by atoms with Crippen molar-refractivity contribution in [2.75, 3.05) is 0 Å². The molecule has 2 fully saturated rings. The Bertz CT molecular complexity index is 1570. The summed E-state index contributed by atoms with van der Waals surface area (Å²) >= 11 is 0. The second-order valence-electron chi connectivity index (χ2n) is 10.4. The molecular formula is C28H23NO9. The number of furan rings is 1. The summed E-state index contributed by atoms with van der Waals surface area (Å²) in [7, 11) is 0. The number of amides is 1. The molecule has 6 rings (SSSR count). The van der Waals surface area contributed by atoms with Gasteiger partial charge in [-0.3, -0.25) is 24.0 Å². The highest BCUT2D eigenvalue weighted by Crippen LogP contribution is 2.55. The lowest BCUT2D eigenvalue weighted by molar-refractivity contribution is -0.189. The van der Waals surface area contributed by atoms with Gasteiger partial charge in [0.15, 0.2) is 34.7 Å². The lowest BCUT2D eigenvalue weighted by Gasteiger charge is -2.53. The van der Waals surface area contributed by atoms with Gasteiger partial charge in [-0.15, -0.1) is 0 Å². The fourth-order valence-electron chi connectivity index (χ4n) is 6.76. The van der Waals surface area contributed by atoms with E-state index in [1.807, 2.05) is 12.1 Å². The Hall–Kier alpha value is -4.15. The van der Waals surface area contributed by atoms with Crippen molar-refractivity contribution in [3.05, 3.63) is 53.6 Å². The molecular weight excluding hydrogens is 494 g/mol. The van der Waals surface area contributed by atoms with E-state index in [0.29, 0.717) is 22.5 Å². The minimum atomic E-state index is -2.95. The van der Waals surface area contributed by atoms with E-state index in [1.165, 1.54) is 6.07 Å². The van der Waals surface area contributed by atoms with Crippen LogP contribution in [0.4, 0.5) is 0 Å². The Morgan fingerprint density at radius 3 is 2.47 bits per heavy atom. The van der Waals surface area contributed by atoms with Gasteiger partial charge in [-0.25, -0.2) is 0 Å². The first-order valence-corrected chi connectivity index (χ1v) is 12.2. The standard InChI is InChI=1S/C28H23NO9/c1-10-18-12(17-8-11-4-2-3-5-16(11)38-17)6-7-14(30)20(18)24(33)22-19(10)23(32)13-9-15(31)21(27(29)36)25(34)28(13,37)26(22)35/h2-8,10,13,19,21-23,30,32,37H,9H2,1H3,(H2,29,36)/t10-,13+,19+,21?,22?,23+,28+/m0/s1. The fourth-order valence-corrected chi connectivity index (χ4v) is 6.76. The van der Waals surface area contributed by atoms with Crippen LogP contribution < -0.4 is 5.73 Å². The van der Waals surface area contributed by atoms with Crippen LogP contribution in [-0.4, -0.2) is 56.1 Å². The van der Waals surface area contributed by atoms with E-state index in [-0.39, 0.29) is 5.56 Å². The third-order valence-corrected chi connectivity index (χ3v) is 8.53. The van der Waals surface area contributed by atoms with Crippen LogP contribution in [-0.2, 0) is 19.2 Å². The summed E-state index contributed by atoms with van der Waals surface area (Å²) in [5.74, 6) is -12.9. The number of ketones is 4. The number of phenolic OH excluding ortho intramolecular Hbond substituents is 1. The molecule has 10 nitrogen and oxygen atoms in total. The van der Waals surface area contributed by atoms with E-state index < -0.39 is 82.5 Å². The lowest BCUT2D eigenvalue weighted by atomic mass is 9.50. The summed E-state index contributed by atoms with van der Waals surface area (Å²) < 4.78 is 6.00. The number of primary amides is 1. The van der Waals surface area contributed by atoms with Crippen molar-refractivity contribution >= 4 is 40.0 Å². The van der Waals surface area contributed by atoms with Crippen molar-refractivity contribution in [2.45, 2.75) is 31.0 Å². The van der Waals surface area contributed by atoms with Crippen LogP contribution in [0.2, 0.25) is 0 Å². The summed E-state index contributed by atoms with van der Waals surface area (Å²) in [6, 6.07) is 11.9. The Morgan fingerprint density at radius 2 is 1.79 bits per heavy atom. The monoisotopic (exact) mass is 517 g/mol. The number of fused-ring (bicyclic) bond motifs is 4. The molecule has 0 spiro atoms. The van der Waals surface area contributed by atoms with E-state index in [1.54, 1.807) is 31.2 Å². The maximum Gasteiger partial charge on any atom is 0.235 e. The van der Waals surface area contributed by atoms with E-state index >= 15 is 0 Å². The second-order valence-corrected chi connectivity index (χ2v) is 10.4. The number of carbonyl (C=O) groups excluding carboxylic acids is 5. The number of benzene rings is 2. The van der Waals surface area contributed by atoms with E-state index in [2.05, 4.69) is 0 Å². The highest BCUT2D eigenvalue weighted by Gasteiger charge is 2.70. The van der Waals surface area contributed by atoms with Gasteiger partial charge in [-0.1, -0.05) is 25.1 Å². The van der Waals surface area contributed by atoms with Gasteiger partial charge in [0.1, 0.15) is 17.1 Å². The van der Waals surface area contributed by atoms with Crippen LogP contribution in [0.5, 0.6) is 5.75 Å². The summed E-state index contributed by atoms with van der Waals surface area (Å²) in [6.07, 6.45) is -2.28. The average Bonchev–Trinajstić information content (AvgIpc) is 3.30. The SMILES string of the molecule is C[C@H]1c2c(-c3cc4ccccc4o3)ccc(O)c2C(=O)C2C(=O)[C@]3(O)C(=O)C(C(N)=O)C(=O)C[C@@H]3[C@@H](O)[C@@H]21. The molecule has 7 atom stereocenters. The molecule has 1 aromatic heterocycles. The number of Topliss-reactive ketones (excluding diaryl/α,β-unsaturated/α-hetero) is 4. The van der Waals surface area contributed by atoms with Crippen molar-refractivity contribution in [2.24, 2.45) is 29.4 Å². The second kappa shape index (κ2) is 7.92. The number of rotatable bonds is 2. The van der Waals surface area contributed by atoms with Crippen LogP contribution in [0, 0.1) is 23.7 Å². The molecule has 0 aliphatic heterocycles. The quantitative estimate of drug-likeness (QED) is 0.363. The molecule has 2 aromatic carbocycles. The van der Waals surface area contributed by atoms with Gasteiger partial charge in [-0.2, -0.15) is 0 Å². The molecule has 5 N–H and O–H groups in total. The topological polar surface area (TPSA) is 185 Å². The van der Waals surface area contributed by atoms with Crippen molar-refractivity contribution in [3.63, 3.8) is 0 Å². The average molecular weight is 517 g/mol. The number of aliphatic hydroxyl groups is 2. The fraction of sp³-hybridized carbons (Fsp3) is 0.321. The third kappa shape index (κ3) is 2.92. The molecule has 2 unspecified atom stereocenters. The van der Waals surface area contributed by atoms with Crippen LogP contribution in [0.1, 0.15) is 35.2 Å². The molecule has 1 heterocycles. The number of aliphatic hydroxyl groups excluding tert-OH is 1. The zero-order valence-corrected chi connectivity index (χ0v) is 20.1. The number of nitrogens with two attached hydrogens (primary N) is 1. The Balaban J connectivity index is 1.53. The van der Waals surface area contributed by atoms with Crippen molar-refractivity contribution in [1.29, 1.82) is 0 Å². The molecule has 1 amide bonds. The minimum absolute atomic E-state index is 0.176. The van der Waals surface area contributed by atoms with Crippen LogP contribution >= 0.6 is 0 Å². The molecule has 2 saturated carbocycles. The number of para-hydroxylation sites is 1. The molecule has 0 radical (unpaired) electrons. The third-order valence-electron chi connectivity index (χ3n) is 8.53. The number of carbonyl (C=O) groups is 5. The van der Waals surface area contributed by atoms with Gasteiger partial charge in [0.25, 0.3) is 0 Å². The maximum absolute atomic E-state index is 13.8. The molecule has 3 aliphatic carbocycles. The summed E-state index contributed by atoms with van der Waals surface area (Å²) in [6.45, 7) is 1.66. The zero-order valence-electron chi connectivity index (χ0n) is 20.1. The smallest absolute Gasteiger partial charge is 0.235 e. The van der Waals surface area contributed by atoms with Crippen molar-refractivity contribution in [1.82, 2.24) is 0 Å².